The Balaban J connectivity index is 1.45. The first-order chi connectivity index (χ1) is 19.4. The van der Waals surface area contributed by atoms with Crippen LogP contribution in [0.5, 0.6) is 0 Å². The summed E-state index contributed by atoms with van der Waals surface area (Å²) in [5, 5.41) is 6.34. The molecule has 184 valence electrons. The molecule has 9 rings (SSSR count). The maximum Gasteiger partial charge on any atom is 0.0585 e. The van der Waals surface area contributed by atoms with Crippen LogP contribution < -0.4 is 5.32 Å². The van der Waals surface area contributed by atoms with E-state index in [0.717, 1.165) is 11.4 Å². The van der Waals surface area contributed by atoms with Gasteiger partial charge in [0.15, 0.2) is 0 Å². The van der Waals surface area contributed by atoms with Crippen LogP contribution in [0.1, 0.15) is 28.2 Å². The highest BCUT2D eigenvalue weighted by atomic mass is 15.0. The summed E-state index contributed by atoms with van der Waals surface area (Å²) in [5.74, 6) is 0.638. The van der Waals surface area contributed by atoms with Crippen molar-refractivity contribution < 1.29 is 0 Å². The molecule has 0 radical (unpaired) electrons. The van der Waals surface area contributed by atoms with E-state index in [1.807, 2.05) is 0 Å². The molecule has 6 aromatic rings. The van der Waals surface area contributed by atoms with Crippen LogP contribution in [0.4, 0.5) is 11.4 Å². The molecule has 2 heterocycles. The third-order valence-corrected chi connectivity index (χ3v) is 9.22. The second kappa shape index (κ2) is 7.61. The van der Waals surface area contributed by atoms with Crippen LogP contribution in [0.15, 0.2) is 140 Å². The van der Waals surface area contributed by atoms with Gasteiger partial charge in [0.2, 0.25) is 0 Å². The Morgan fingerprint density at radius 1 is 0.590 bits per heavy atom. The van der Waals surface area contributed by atoms with E-state index in [2.05, 4.69) is 149 Å². The maximum atomic E-state index is 3.69. The average Bonchev–Trinajstić information content (AvgIpc) is 3.49. The Hall–Kier alpha value is -4.82. The zero-order chi connectivity index (χ0) is 25.6. The van der Waals surface area contributed by atoms with Crippen LogP contribution in [0.3, 0.4) is 0 Å². The highest BCUT2D eigenvalue weighted by Crippen LogP contribution is 2.63. The molecule has 39 heavy (non-hydrogen) atoms. The van der Waals surface area contributed by atoms with Crippen LogP contribution >= 0.6 is 0 Å². The zero-order valence-electron chi connectivity index (χ0n) is 21.4. The van der Waals surface area contributed by atoms with Gasteiger partial charge in [0.1, 0.15) is 0 Å². The molecule has 5 aromatic carbocycles. The van der Waals surface area contributed by atoms with Gasteiger partial charge in [-0.25, -0.2) is 0 Å². The minimum atomic E-state index is -0.296. The van der Waals surface area contributed by atoms with Gasteiger partial charge in [-0.15, -0.1) is 0 Å². The quantitative estimate of drug-likeness (QED) is 0.252. The molecule has 2 heteroatoms. The first kappa shape index (κ1) is 21.2. The summed E-state index contributed by atoms with van der Waals surface area (Å²) in [4.78, 5) is 0. The summed E-state index contributed by atoms with van der Waals surface area (Å²) in [6, 6.07) is 42.5. The molecule has 1 aliphatic heterocycles. The maximum absolute atomic E-state index is 3.69. The monoisotopic (exact) mass is 498 g/mol. The fraction of sp³-hybridized carbons (Fsp3) is 0.0811. The standard InChI is InChI=1S/C37H26N2/c1-2-11-24(12-3-1)38-25-21-22-35-33(23-25)37(30-17-7-4-13-26(30)27-14-5-8-18-31(27)37)32-19-10-16-29-28-15-6-9-20-34(28)39(35)36(29)32/h1-23,26,30,38H. The van der Waals surface area contributed by atoms with E-state index >= 15 is 0 Å². The number of rotatable bonds is 2. The van der Waals surface area contributed by atoms with Crippen LogP contribution in [0.2, 0.25) is 0 Å². The van der Waals surface area contributed by atoms with Crippen LogP contribution in [-0.2, 0) is 5.41 Å². The normalized spacial score (nSPS) is 21.7. The van der Waals surface area contributed by atoms with Gasteiger partial charge in [0.05, 0.1) is 22.1 Å². The van der Waals surface area contributed by atoms with E-state index in [1.54, 1.807) is 0 Å². The number of nitrogens with one attached hydrogen (secondary N) is 1. The lowest BCUT2D eigenvalue weighted by Crippen LogP contribution is -2.38. The minimum absolute atomic E-state index is 0.294. The Kier molecular flexibility index (Phi) is 4.13. The SMILES string of the molecule is C1=CC2c3ccccc3C3(c4cc(Nc5ccccc5)ccc4-n4c5ccccc5c5cccc3c54)C2C=C1. The fourth-order valence-corrected chi connectivity index (χ4v) is 7.84. The molecule has 0 saturated carbocycles. The summed E-state index contributed by atoms with van der Waals surface area (Å²) < 4.78 is 2.52. The molecule has 0 saturated heterocycles. The van der Waals surface area contributed by atoms with E-state index in [4.69, 9.17) is 0 Å². The van der Waals surface area contributed by atoms with Gasteiger partial charge in [-0.2, -0.15) is 0 Å². The first-order valence-corrected chi connectivity index (χ1v) is 13.8. The van der Waals surface area contributed by atoms with E-state index in [9.17, 15) is 0 Å². The summed E-state index contributed by atoms with van der Waals surface area (Å²) in [5.41, 5.74) is 11.4. The van der Waals surface area contributed by atoms with Gasteiger partial charge in [0, 0.05) is 34.0 Å². The number of anilines is 2. The Labute approximate surface area is 227 Å². The molecule has 0 bridgehead atoms. The van der Waals surface area contributed by atoms with Gasteiger partial charge >= 0.3 is 0 Å². The second-order valence-corrected chi connectivity index (χ2v) is 11.0. The average molecular weight is 499 g/mol. The van der Waals surface area contributed by atoms with Crippen LogP contribution in [0, 0.1) is 5.92 Å². The summed E-state index contributed by atoms with van der Waals surface area (Å²) in [6.45, 7) is 0. The van der Waals surface area contributed by atoms with Gasteiger partial charge in [-0.1, -0.05) is 103 Å². The predicted octanol–water partition coefficient (Wildman–Crippen LogP) is 9.01. The largest absolute Gasteiger partial charge is 0.356 e. The van der Waals surface area contributed by atoms with Crippen LogP contribution in [0.25, 0.3) is 27.5 Å². The third kappa shape index (κ3) is 2.61. The smallest absolute Gasteiger partial charge is 0.0585 e. The summed E-state index contributed by atoms with van der Waals surface area (Å²) in [6.07, 6.45) is 9.35. The van der Waals surface area contributed by atoms with Crippen molar-refractivity contribution in [2.75, 3.05) is 5.32 Å². The van der Waals surface area contributed by atoms with Gasteiger partial charge < -0.3 is 9.88 Å². The lowest BCUT2D eigenvalue weighted by Gasteiger charge is -2.43. The van der Waals surface area contributed by atoms with E-state index in [-0.39, 0.29) is 5.41 Å². The lowest BCUT2D eigenvalue weighted by atomic mass is 9.61. The molecule has 3 atom stereocenters. The predicted molar refractivity (Wildman–Crippen MR) is 161 cm³/mol. The molecule has 1 aromatic heterocycles. The third-order valence-electron chi connectivity index (χ3n) is 9.22. The van der Waals surface area contributed by atoms with E-state index in [0.29, 0.717) is 11.8 Å². The van der Waals surface area contributed by atoms with Crippen LogP contribution in [-0.4, -0.2) is 4.57 Å². The first-order valence-electron chi connectivity index (χ1n) is 13.8. The van der Waals surface area contributed by atoms with Crippen molar-refractivity contribution in [1.82, 2.24) is 4.57 Å². The van der Waals surface area contributed by atoms with Crippen molar-refractivity contribution in [3.63, 3.8) is 0 Å². The number of allylic oxidation sites excluding steroid dienone is 4. The molecule has 0 fully saturated rings. The number of nitrogens with zero attached hydrogens (tertiary/aromatic N) is 1. The Morgan fingerprint density at radius 3 is 2.31 bits per heavy atom. The van der Waals surface area contributed by atoms with E-state index in [1.165, 1.54) is 49.7 Å². The number of para-hydroxylation sites is 3. The lowest BCUT2D eigenvalue weighted by molar-refractivity contribution is 0.454. The minimum Gasteiger partial charge on any atom is -0.356 e. The number of hydrogen-bond donors (Lipinski definition) is 1. The van der Waals surface area contributed by atoms with Gasteiger partial charge in [-0.05, 0) is 58.7 Å². The van der Waals surface area contributed by atoms with Crippen molar-refractivity contribution in [3.8, 4) is 5.69 Å². The zero-order valence-corrected chi connectivity index (χ0v) is 21.4. The number of aromatic nitrogens is 1. The topological polar surface area (TPSA) is 17.0 Å². The number of hydrogen-bond acceptors (Lipinski definition) is 1. The second-order valence-electron chi connectivity index (χ2n) is 11.0. The molecule has 3 aliphatic rings. The van der Waals surface area contributed by atoms with Crippen molar-refractivity contribution in [2.24, 2.45) is 5.92 Å². The highest BCUT2D eigenvalue weighted by Gasteiger charge is 2.56. The molecule has 0 amide bonds. The number of fused-ring (bicyclic) bond motifs is 12. The molecule has 2 nitrogen and oxygen atoms in total. The molecular formula is C37H26N2. The summed E-state index contributed by atoms with van der Waals surface area (Å²) >= 11 is 0. The van der Waals surface area contributed by atoms with Crippen molar-refractivity contribution in [3.05, 3.63) is 162 Å². The highest BCUT2D eigenvalue weighted by molar-refractivity contribution is 6.12. The molecule has 1 N–H and O–H groups in total. The molecular weight excluding hydrogens is 472 g/mol. The van der Waals surface area contributed by atoms with Gasteiger partial charge in [0.25, 0.3) is 0 Å². The van der Waals surface area contributed by atoms with Crippen molar-refractivity contribution in [2.45, 2.75) is 11.3 Å². The van der Waals surface area contributed by atoms with Crippen molar-refractivity contribution >= 4 is 33.2 Å². The van der Waals surface area contributed by atoms with Crippen molar-refractivity contribution in [1.29, 1.82) is 0 Å². The molecule has 1 spiro atoms. The Bertz CT molecular complexity index is 2010. The molecule has 2 aliphatic carbocycles. The van der Waals surface area contributed by atoms with E-state index < -0.39 is 0 Å². The number of benzene rings is 5. The Morgan fingerprint density at radius 2 is 1.36 bits per heavy atom. The summed E-state index contributed by atoms with van der Waals surface area (Å²) in [7, 11) is 0. The fourth-order valence-electron chi connectivity index (χ4n) is 7.84. The molecule has 3 unspecified atom stereocenters. The van der Waals surface area contributed by atoms with Gasteiger partial charge in [-0.3, -0.25) is 0 Å².